The summed E-state index contributed by atoms with van der Waals surface area (Å²) in [6.07, 6.45) is 3.89. The minimum absolute atomic E-state index is 0.514. The van der Waals surface area contributed by atoms with Gasteiger partial charge in [0, 0.05) is 12.6 Å². The van der Waals surface area contributed by atoms with E-state index >= 15 is 0 Å². The minimum Gasteiger partial charge on any atom is -0.367 e. The third-order valence-electron chi connectivity index (χ3n) is 2.47. The van der Waals surface area contributed by atoms with Crippen molar-refractivity contribution in [3.8, 4) is 0 Å². The lowest BCUT2D eigenvalue weighted by Crippen LogP contribution is -2.27. The highest BCUT2D eigenvalue weighted by Crippen LogP contribution is 2.22. The maximum atomic E-state index is 5.51. The number of nitrogens with one attached hydrogen (secondary N) is 1. The van der Waals surface area contributed by atoms with Crippen molar-refractivity contribution in [2.75, 3.05) is 5.32 Å². The molecule has 0 bridgehead atoms. The molecule has 1 aromatic heterocycles. The van der Waals surface area contributed by atoms with Crippen LogP contribution < -0.4 is 11.1 Å². The molecule has 0 aliphatic heterocycles. The van der Waals surface area contributed by atoms with Gasteiger partial charge >= 0.3 is 0 Å². The Hall–Kier alpha value is -1.09. The van der Waals surface area contributed by atoms with Crippen LogP contribution in [-0.2, 0) is 6.54 Å². The molecule has 0 spiro atoms. The number of hydrogen-bond donors (Lipinski definition) is 2. The highest BCUT2D eigenvalue weighted by Gasteiger charge is 2.16. The molecule has 0 radical (unpaired) electrons. The molecule has 0 saturated heterocycles. The molecular formula is C10H15N3. The van der Waals surface area contributed by atoms with E-state index in [1.807, 2.05) is 18.2 Å². The van der Waals surface area contributed by atoms with Gasteiger partial charge in [-0.25, -0.2) is 4.98 Å². The molecule has 1 saturated carbocycles. The van der Waals surface area contributed by atoms with Gasteiger partial charge in [-0.05, 0) is 31.4 Å². The zero-order valence-electron chi connectivity index (χ0n) is 7.66. The van der Waals surface area contributed by atoms with Gasteiger partial charge in [-0.15, -0.1) is 0 Å². The van der Waals surface area contributed by atoms with Crippen molar-refractivity contribution in [2.24, 2.45) is 5.73 Å². The molecule has 1 aliphatic rings. The third kappa shape index (κ3) is 1.98. The first-order valence-electron chi connectivity index (χ1n) is 4.81. The second-order valence-electron chi connectivity index (χ2n) is 3.49. The summed E-state index contributed by atoms with van der Waals surface area (Å²) in [5.74, 6) is 0.965. The lowest BCUT2D eigenvalue weighted by atomic mass is 9.93. The van der Waals surface area contributed by atoms with Crippen molar-refractivity contribution >= 4 is 5.82 Å². The summed E-state index contributed by atoms with van der Waals surface area (Å²) in [5.41, 5.74) is 6.45. The van der Waals surface area contributed by atoms with Crippen LogP contribution in [-0.4, -0.2) is 11.0 Å². The van der Waals surface area contributed by atoms with Crippen molar-refractivity contribution in [3.63, 3.8) is 0 Å². The summed E-state index contributed by atoms with van der Waals surface area (Å²) in [6, 6.07) is 6.58. The molecular weight excluding hydrogens is 162 g/mol. The highest BCUT2D eigenvalue weighted by atomic mass is 15.0. The van der Waals surface area contributed by atoms with Crippen LogP contribution in [0.2, 0.25) is 0 Å². The molecule has 1 aliphatic carbocycles. The third-order valence-corrected chi connectivity index (χ3v) is 2.47. The monoisotopic (exact) mass is 177 g/mol. The second-order valence-corrected chi connectivity index (χ2v) is 3.49. The van der Waals surface area contributed by atoms with Gasteiger partial charge in [0.15, 0.2) is 0 Å². The second kappa shape index (κ2) is 3.75. The normalized spacial score (nSPS) is 16.7. The SMILES string of the molecule is NCc1cccc(NC2CCC2)n1. The summed E-state index contributed by atoms with van der Waals surface area (Å²) in [6.45, 7) is 0.514. The van der Waals surface area contributed by atoms with Crippen LogP contribution >= 0.6 is 0 Å². The van der Waals surface area contributed by atoms with Crippen molar-refractivity contribution < 1.29 is 0 Å². The van der Waals surface area contributed by atoms with Gasteiger partial charge < -0.3 is 11.1 Å². The van der Waals surface area contributed by atoms with E-state index in [1.54, 1.807) is 0 Å². The zero-order chi connectivity index (χ0) is 9.10. The molecule has 0 amide bonds. The number of rotatable bonds is 3. The number of aromatic nitrogens is 1. The topological polar surface area (TPSA) is 50.9 Å². The Morgan fingerprint density at radius 1 is 1.46 bits per heavy atom. The van der Waals surface area contributed by atoms with Gasteiger partial charge in [0.1, 0.15) is 5.82 Å². The van der Waals surface area contributed by atoms with E-state index in [1.165, 1.54) is 19.3 Å². The van der Waals surface area contributed by atoms with E-state index in [0.29, 0.717) is 12.6 Å². The Labute approximate surface area is 78.4 Å². The maximum Gasteiger partial charge on any atom is 0.126 e. The number of hydrogen-bond acceptors (Lipinski definition) is 3. The predicted octanol–water partition coefficient (Wildman–Crippen LogP) is 1.50. The Balaban J connectivity index is 2.01. The summed E-state index contributed by atoms with van der Waals surface area (Å²) in [5, 5.41) is 3.39. The predicted molar refractivity (Wildman–Crippen MR) is 53.4 cm³/mol. The van der Waals surface area contributed by atoms with Crippen LogP contribution in [0.25, 0.3) is 0 Å². The van der Waals surface area contributed by atoms with Crippen molar-refractivity contribution in [3.05, 3.63) is 23.9 Å². The lowest BCUT2D eigenvalue weighted by molar-refractivity contribution is 0.444. The van der Waals surface area contributed by atoms with Crippen molar-refractivity contribution in [1.82, 2.24) is 4.98 Å². The van der Waals surface area contributed by atoms with Crippen LogP contribution in [0, 0.1) is 0 Å². The molecule has 0 unspecified atom stereocenters. The van der Waals surface area contributed by atoms with Crippen LogP contribution in [0.15, 0.2) is 18.2 Å². The molecule has 70 valence electrons. The Morgan fingerprint density at radius 3 is 2.92 bits per heavy atom. The van der Waals surface area contributed by atoms with Gasteiger partial charge in [0.25, 0.3) is 0 Å². The fourth-order valence-electron chi connectivity index (χ4n) is 1.44. The van der Waals surface area contributed by atoms with E-state index < -0.39 is 0 Å². The van der Waals surface area contributed by atoms with Gasteiger partial charge in [-0.1, -0.05) is 6.07 Å². The first kappa shape index (κ1) is 8.51. The van der Waals surface area contributed by atoms with E-state index in [4.69, 9.17) is 5.73 Å². The average molecular weight is 177 g/mol. The maximum absolute atomic E-state index is 5.51. The van der Waals surface area contributed by atoms with Crippen LogP contribution in [0.3, 0.4) is 0 Å². The Morgan fingerprint density at radius 2 is 2.31 bits per heavy atom. The summed E-state index contributed by atoms with van der Waals surface area (Å²) < 4.78 is 0. The quantitative estimate of drug-likeness (QED) is 0.735. The zero-order valence-corrected chi connectivity index (χ0v) is 7.66. The number of nitrogens with two attached hydrogens (primary N) is 1. The van der Waals surface area contributed by atoms with Gasteiger partial charge in [0.05, 0.1) is 5.69 Å². The highest BCUT2D eigenvalue weighted by molar-refractivity contribution is 5.36. The van der Waals surface area contributed by atoms with Gasteiger partial charge in [-0.2, -0.15) is 0 Å². The Kier molecular flexibility index (Phi) is 2.45. The summed E-state index contributed by atoms with van der Waals surface area (Å²) in [7, 11) is 0. The van der Waals surface area contributed by atoms with Crippen LogP contribution in [0.4, 0.5) is 5.82 Å². The van der Waals surface area contributed by atoms with E-state index in [9.17, 15) is 0 Å². The molecule has 3 N–H and O–H groups in total. The molecule has 0 atom stereocenters. The lowest BCUT2D eigenvalue weighted by Gasteiger charge is -2.26. The standard InChI is InChI=1S/C10H15N3/c11-7-9-5-2-6-10(13-9)12-8-3-1-4-8/h2,5-6,8H,1,3-4,7,11H2,(H,12,13). The number of nitrogens with zero attached hydrogens (tertiary/aromatic N) is 1. The molecule has 3 nitrogen and oxygen atoms in total. The van der Waals surface area contributed by atoms with Crippen LogP contribution in [0.5, 0.6) is 0 Å². The van der Waals surface area contributed by atoms with Gasteiger partial charge in [-0.3, -0.25) is 0 Å². The summed E-state index contributed by atoms with van der Waals surface area (Å²) in [4.78, 5) is 4.38. The molecule has 13 heavy (non-hydrogen) atoms. The molecule has 1 aromatic rings. The largest absolute Gasteiger partial charge is 0.367 e. The van der Waals surface area contributed by atoms with E-state index in [2.05, 4.69) is 10.3 Å². The fourth-order valence-corrected chi connectivity index (χ4v) is 1.44. The van der Waals surface area contributed by atoms with Crippen LogP contribution in [0.1, 0.15) is 25.0 Å². The fraction of sp³-hybridized carbons (Fsp3) is 0.500. The molecule has 1 heterocycles. The molecule has 0 aromatic carbocycles. The van der Waals surface area contributed by atoms with Crippen molar-refractivity contribution in [1.29, 1.82) is 0 Å². The minimum atomic E-state index is 0.514. The average Bonchev–Trinajstić information content (AvgIpc) is 2.12. The smallest absolute Gasteiger partial charge is 0.126 e. The molecule has 1 fully saturated rings. The number of anilines is 1. The Bertz CT molecular complexity index is 281. The molecule has 2 rings (SSSR count). The van der Waals surface area contributed by atoms with Crippen molar-refractivity contribution in [2.45, 2.75) is 31.8 Å². The molecule has 3 heteroatoms. The van der Waals surface area contributed by atoms with E-state index in [-0.39, 0.29) is 0 Å². The first-order valence-corrected chi connectivity index (χ1v) is 4.81. The number of pyridine rings is 1. The first-order chi connectivity index (χ1) is 6.38. The van der Waals surface area contributed by atoms with E-state index in [0.717, 1.165) is 11.5 Å². The van der Waals surface area contributed by atoms with Gasteiger partial charge in [0.2, 0.25) is 0 Å². The summed E-state index contributed by atoms with van der Waals surface area (Å²) >= 11 is 0.